The summed E-state index contributed by atoms with van der Waals surface area (Å²) in [6.45, 7) is 3.57. The lowest BCUT2D eigenvalue weighted by Crippen LogP contribution is -2.38. The zero-order chi connectivity index (χ0) is 8.97. The van der Waals surface area contributed by atoms with Crippen LogP contribution >= 0.6 is 0 Å². The third-order valence-corrected chi connectivity index (χ3v) is 2.36. The number of hydrogen-bond acceptors (Lipinski definition) is 3. The molecule has 0 aliphatic carbocycles. The van der Waals surface area contributed by atoms with E-state index in [1.807, 2.05) is 0 Å². The molecule has 1 aliphatic rings. The minimum Gasteiger partial charge on any atom is -0.427 e. The summed E-state index contributed by atoms with van der Waals surface area (Å²) in [6.07, 6.45) is 1.93. The number of carbonyl (C=O) groups excluding carboxylic acids is 1. The van der Waals surface area contributed by atoms with Gasteiger partial charge in [0.2, 0.25) is 0 Å². The van der Waals surface area contributed by atoms with Crippen molar-refractivity contribution in [2.24, 2.45) is 5.92 Å². The van der Waals surface area contributed by atoms with E-state index in [4.69, 9.17) is 4.65 Å². The molecular weight excluding hydrogens is 153 g/mol. The minimum absolute atomic E-state index is 0.284. The van der Waals surface area contributed by atoms with Crippen molar-refractivity contribution in [1.82, 2.24) is 4.81 Å². The number of nitrogens with zero attached hydrogens (tertiary/aromatic N) is 1. The van der Waals surface area contributed by atoms with Crippen LogP contribution < -0.4 is 0 Å². The maximum atomic E-state index is 11.0. The van der Waals surface area contributed by atoms with Crippen LogP contribution in [0.4, 0.5) is 0 Å². The highest BCUT2D eigenvalue weighted by atomic mass is 16.4. The largest absolute Gasteiger partial charge is 0.427 e. The molecule has 12 heavy (non-hydrogen) atoms. The number of hydrogen-bond donors (Lipinski definition) is 0. The van der Waals surface area contributed by atoms with Gasteiger partial charge in [0.05, 0.1) is 0 Å². The van der Waals surface area contributed by atoms with Crippen LogP contribution in [0.2, 0.25) is 0 Å². The summed E-state index contributed by atoms with van der Waals surface area (Å²) in [6, 6.07) is 0. The first-order valence-electron chi connectivity index (χ1n) is 4.34. The topological polar surface area (TPSA) is 29.5 Å². The average Bonchev–Trinajstić information content (AvgIpc) is 2.06. The average molecular weight is 168 g/mol. The summed E-state index contributed by atoms with van der Waals surface area (Å²) in [7, 11) is 3.38. The Balaban J connectivity index is 2.25. The molecule has 1 aliphatic heterocycles. The van der Waals surface area contributed by atoms with E-state index >= 15 is 0 Å². The molecule has 67 valence electrons. The monoisotopic (exact) mass is 168 g/mol. The molecule has 0 aromatic carbocycles. The summed E-state index contributed by atoms with van der Waals surface area (Å²) < 4.78 is 4.89. The van der Waals surface area contributed by atoms with Crippen LogP contribution in [0.15, 0.2) is 0 Å². The Kier molecular flexibility index (Phi) is 3.75. The number of piperidine rings is 1. The second-order valence-electron chi connectivity index (χ2n) is 3.26. The minimum atomic E-state index is 0.284. The van der Waals surface area contributed by atoms with Gasteiger partial charge in [-0.05, 0) is 32.9 Å². The summed E-state index contributed by atoms with van der Waals surface area (Å²) in [5.74, 6) is 0.610. The van der Waals surface area contributed by atoms with Gasteiger partial charge in [0.15, 0.2) is 0 Å². The number of Topliss-reactive ketones (excluding diaryl/α,β-unsaturated/α-hetero) is 1. The van der Waals surface area contributed by atoms with E-state index in [1.165, 1.54) is 0 Å². The zero-order valence-electron chi connectivity index (χ0n) is 7.75. The lowest BCUT2D eigenvalue weighted by Gasteiger charge is -2.29. The van der Waals surface area contributed by atoms with Gasteiger partial charge >= 0.3 is 7.62 Å². The highest BCUT2D eigenvalue weighted by Gasteiger charge is 2.22. The molecule has 1 fully saturated rings. The Labute approximate surface area is 74.4 Å². The van der Waals surface area contributed by atoms with Gasteiger partial charge in [0.1, 0.15) is 5.78 Å². The van der Waals surface area contributed by atoms with E-state index in [2.05, 4.69) is 4.81 Å². The van der Waals surface area contributed by atoms with E-state index in [0.29, 0.717) is 5.78 Å². The molecule has 3 nitrogen and oxygen atoms in total. The molecule has 1 saturated heterocycles. The molecule has 0 aromatic rings. The second-order valence-corrected chi connectivity index (χ2v) is 3.26. The van der Waals surface area contributed by atoms with Crippen LogP contribution in [0, 0.1) is 5.92 Å². The van der Waals surface area contributed by atoms with E-state index in [9.17, 15) is 4.79 Å². The molecular formula is C8H15BNO2. The van der Waals surface area contributed by atoms with Crippen molar-refractivity contribution in [2.75, 3.05) is 20.2 Å². The lowest BCUT2D eigenvalue weighted by atomic mass is 9.91. The molecule has 1 rings (SSSR count). The van der Waals surface area contributed by atoms with E-state index in [0.717, 1.165) is 25.9 Å². The van der Waals surface area contributed by atoms with Crippen LogP contribution in [-0.4, -0.2) is 38.4 Å². The fourth-order valence-corrected chi connectivity index (χ4v) is 1.56. The predicted octanol–water partition coefficient (Wildman–Crippen LogP) is 0.468. The number of ketones is 1. The summed E-state index contributed by atoms with van der Waals surface area (Å²) >= 11 is 0. The van der Waals surface area contributed by atoms with Gasteiger partial charge in [-0.2, -0.15) is 0 Å². The van der Waals surface area contributed by atoms with Gasteiger partial charge in [-0.25, -0.2) is 0 Å². The Bertz CT molecular complexity index is 155. The predicted molar refractivity (Wildman–Crippen MR) is 47.7 cm³/mol. The number of rotatable bonds is 3. The first-order chi connectivity index (χ1) is 5.74. The smallest absolute Gasteiger partial charge is 0.398 e. The summed E-state index contributed by atoms with van der Waals surface area (Å²) in [4.78, 5) is 13.1. The highest BCUT2D eigenvalue weighted by Crippen LogP contribution is 2.16. The van der Waals surface area contributed by atoms with Crippen molar-refractivity contribution in [3.8, 4) is 0 Å². The lowest BCUT2D eigenvalue weighted by molar-refractivity contribution is -0.121. The van der Waals surface area contributed by atoms with Gasteiger partial charge in [0, 0.05) is 13.0 Å². The number of carbonyl (C=O) groups is 1. The van der Waals surface area contributed by atoms with Crippen LogP contribution in [0.5, 0.6) is 0 Å². The molecule has 0 amide bonds. The normalized spacial score (nSPS) is 20.8. The maximum Gasteiger partial charge on any atom is 0.398 e. The first kappa shape index (κ1) is 9.74. The van der Waals surface area contributed by atoms with Gasteiger partial charge in [-0.15, -0.1) is 0 Å². The summed E-state index contributed by atoms with van der Waals surface area (Å²) in [5, 5.41) is 0. The van der Waals surface area contributed by atoms with E-state index in [-0.39, 0.29) is 5.92 Å². The van der Waals surface area contributed by atoms with Gasteiger partial charge in [0.25, 0.3) is 0 Å². The molecule has 0 saturated carbocycles. The van der Waals surface area contributed by atoms with Gasteiger partial charge in [-0.1, -0.05) is 0 Å². The SMILES string of the molecule is CO[B]N1CCC(C(C)=O)CC1. The van der Waals surface area contributed by atoms with E-state index in [1.54, 1.807) is 21.7 Å². The fraction of sp³-hybridized carbons (Fsp3) is 0.875. The van der Waals surface area contributed by atoms with Crippen molar-refractivity contribution < 1.29 is 9.45 Å². The van der Waals surface area contributed by atoms with Gasteiger partial charge in [-0.3, -0.25) is 4.79 Å². The quantitative estimate of drug-likeness (QED) is 0.573. The first-order valence-corrected chi connectivity index (χ1v) is 4.34. The Morgan fingerprint density at radius 3 is 2.50 bits per heavy atom. The molecule has 0 aromatic heterocycles. The molecule has 0 bridgehead atoms. The van der Waals surface area contributed by atoms with Crippen molar-refractivity contribution in [3.63, 3.8) is 0 Å². The second kappa shape index (κ2) is 4.62. The van der Waals surface area contributed by atoms with Crippen molar-refractivity contribution >= 4 is 13.4 Å². The van der Waals surface area contributed by atoms with Crippen LogP contribution in [-0.2, 0) is 9.45 Å². The molecule has 1 heterocycles. The third kappa shape index (κ3) is 2.61. The van der Waals surface area contributed by atoms with Crippen LogP contribution in [0.25, 0.3) is 0 Å². The fourth-order valence-electron chi connectivity index (χ4n) is 1.56. The Hall–Kier alpha value is -0.345. The summed E-state index contributed by atoms with van der Waals surface area (Å²) in [5.41, 5.74) is 0. The van der Waals surface area contributed by atoms with E-state index < -0.39 is 0 Å². The van der Waals surface area contributed by atoms with Gasteiger partial charge < -0.3 is 9.47 Å². The Morgan fingerprint density at radius 2 is 2.08 bits per heavy atom. The molecule has 1 radical (unpaired) electrons. The molecule has 0 spiro atoms. The highest BCUT2D eigenvalue weighted by molar-refractivity contribution is 6.23. The standard InChI is InChI=1S/C8H15BNO2/c1-7(11)8-3-5-10(6-4-8)9-12-2/h8H,3-6H2,1-2H3. The van der Waals surface area contributed by atoms with Crippen molar-refractivity contribution in [3.05, 3.63) is 0 Å². The molecule has 4 heteroatoms. The van der Waals surface area contributed by atoms with Crippen molar-refractivity contribution in [2.45, 2.75) is 19.8 Å². The maximum absolute atomic E-state index is 11.0. The molecule has 0 N–H and O–H groups in total. The van der Waals surface area contributed by atoms with Crippen molar-refractivity contribution in [1.29, 1.82) is 0 Å². The van der Waals surface area contributed by atoms with Crippen LogP contribution in [0.3, 0.4) is 0 Å². The Morgan fingerprint density at radius 1 is 1.50 bits per heavy atom. The zero-order valence-corrected chi connectivity index (χ0v) is 7.75. The third-order valence-electron chi connectivity index (χ3n) is 2.36. The van der Waals surface area contributed by atoms with Crippen LogP contribution in [0.1, 0.15) is 19.8 Å². The molecule has 0 unspecified atom stereocenters. The molecule has 0 atom stereocenters.